The third kappa shape index (κ3) is 5.58. The molecule has 0 spiro atoms. The molecule has 2 heteroatoms. The summed E-state index contributed by atoms with van der Waals surface area (Å²) in [6.07, 6.45) is 0.969. The molecular weight excluding hydrogens is 96.9 g/mol. The van der Waals surface area contributed by atoms with Gasteiger partial charge in [-0.25, -0.2) is 0 Å². The molecule has 0 atom stereocenters. The summed E-state index contributed by atoms with van der Waals surface area (Å²) in [6.45, 7) is 4.29. The third-order valence-electron chi connectivity index (χ3n) is 0.737. The van der Waals surface area contributed by atoms with Crippen LogP contribution in [-0.4, -0.2) is 7.41 Å². The maximum atomic E-state index is 5.14. The minimum atomic E-state index is 0.493. The van der Waals surface area contributed by atoms with E-state index in [4.69, 9.17) is 5.64 Å². The van der Waals surface area contributed by atoms with Gasteiger partial charge in [0.1, 0.15) is 0 Å². The van der Waals surface area contributed by atoms with Gasteiger partial charge in [0.2, 0.25) is 0 Å². The first-order chi connectivity index (χ1) is 3.77. The maximum absolute atomic E-state index is 5.14. The molecule has 0 unspecified atom stereocenters. The topological polar surface area (TPSA) is 26.0 Å². The minimum Gasteiger partial charge on any atom is -0.362 e. The Morgan fingerprint density at radius 2 is 2.25 bits per heavy atom. The zero-order chi connectivity index (χ0) is 6.41. The Morgan fingerprint density at radius 3 is 2.62 bits per heavy atom. The largest absolute Gasteiger partial charge is 0.362 e. The lowest BCUT2D eigenvalue weighted by Gasteiger charge is -1.91. The number of nitrogens with two attached hydrogens (primary N) is 1. The highest BCUT2D eigenvalue weighted by Crippen LogP contribution is 1.94. The SMILES string of the molecule is CC(C)CC#CBN. The lowest BCUT2D eigenvalue weighted by Crippen LogP contribution is -1.99. The van der Waals surface area contributed by atoms with Crippen LogP contribution in [0.25, 0.3) is 0 Å². The van der Waals surface area contributed by atoms with E-state index in [1.54, 1.807) is 0 Å². The van der Waals surface area contributed by atoms with Gasteiger partial charge in [0.05, 0.1) is 0 Å². The molecule has 0 saturated heterocycles. The van der Waals surface area contributed by atoms with Crippen molar-refractivity contribution in [3.05, 3.63) is 0 Å². The normalized spacial score (nSPS) is 8.00. The Balaban J connectivity index is 3.15. The fourth-order valence-electron chi connectivity index (χ4n) is 0.348. The lowest BCUT2D eigenvalue weighted by atomic mass is 9.98. The van der Waals surface area contributed by atoms with E-state index in [-0.39, 0.29) is 0 Å². The van der Waals surface area contributed by atoms with E-state index >= 15 is 0 Å². The molecular formula is C6H12BN. The van der Waals surface area contributed by atoms with Gasteiger partial charge in [-0.2, -0.15) is 0 Å². The molecule has 0 bridgehead atoms. The van der Waals surface area contributed by atoms with Gasteiger partial charge in [0.15, 0.2) is 0 Å². The van der Waals surface area contributed by atoms with Gasteiger partial charge < -0.3 is 5.64 Å². The third-order valence-corrected chi connectivity index (χ3v) is 0.737. The van der Waals surface area contributed by atoms with E-state index in [0.29, 0.717) is 13.3 Å². The van der Waals surface area contributed by atoms with Crippen LogP contribution in [-0.2, 0) is 0 Å². The minimum absolute atomic E-state index is 0.493. The standard InChI is InChI=1S/C6H12BN/c1-6(2)4-3-5-7-8/h6-7H,4,8H2,1-2H3. The summed E-state index contributed by atoms with van der Waals surface area (Å²) in [4.78, 5) is 0. The predicted molar refractivity (Wildman–Crippen MR) is 38.6 cm³/mol. The van der Waals surface area contributed by atoms with Crippen molar-refractivity contribution in [2.24, 2.45) is 11.6 Å². The molecule has 0 aromatic heterocycles. The van der Waals surface area contributed by atoms with Crippen molar-refractivity contribution in [1.29, 1.82) is 0 Å². The molecule has 0 aromatic rings. The zero-order valence-corrected chi connectivity index (χ0v) is 5.57. The molecule has 8 heavy (non-hydrogen) atoms. The molecule has 0 aliphatic heterocycles. The quantitative estimate of drug-likeness (QED) is 0.380. The Kier molecular flexibility index (Phi) is 4.49. The van der Waals surface area contributed by atoms with Crippen molar-refractivity contribution in [2.75, 3.05) is 0 Å². The summed E-state index contributed by atoms with van der Waals surface area (Å²) in [7, 11) is 0.493. The van der Waals surface area contributed by atoms with E-state index in [9.17, 15) is 0 Å². The molecule has 44 valence electrons. The maximum Gasteiger partial charge on any atom is 0.288 e. The Bertz CT molecular complexity index is 98.8. The molecule has 2 N–H and O–H groups in total. The highest BCUT2D eigenvalue weighted by Gasteiger charge is 1.84. The lowest BCUT2D eigenvalue weighted by molar-refractivity contribution is 0.676. The number of rotatable bonds is 1. The van der Waals surface area contributed by atoms with Gasteiger partial charge in [-0.1, -0.05) is 13.8 Å². The monoisotopic (exact) mass is 109 g/mol. The van der Waals surface area contributed by atoms with Crippen molar-refractivity contribution in [3.8, 4) is 11.7 Å². The number of hydrogen-bond donors (Lipinski definition) is 1. The fourth-order valence-corrected chi connectivity index (χ4v) is 0.348. The van der Waals surface area contributed by atoms with Crippen molar-refractivity contribution in [3.63, 3.8) is 0 Å². The molecule has 0 aliphatic carbocycles. The van der Waals surface area contributed by atoms with Gasteiger partial charge in [-0.3, -0.25) is 0 Å². The number of hydrogen-bond acceptors (Lipinski definition) is 1. The van der Waals surface area contributed by atoms with Crippen LogP contribution < -0.4 is 5.64 Å². The summed E-state index contributed by atoms with van der Waals surface area (Å²) in [5, 5.41) is 0. The summed E-state index contributed by atoms with van der Waals surface area (Å²) in [6, 6.07) is 0. The van der Waals surface area contributed by atoms with Crippen LogP contribution in [0.5, 0.6) is 0 Å². The first-order valence-corrected chi connectivity index (χ1v) is 2.93. The van der Waals surface area contributed by atoms with Crippen molar-refractivity contribution in [1.82, 2.24) is 0 Å². The average Bonchev–Trinajstić information content (AvgIpc) is 1.66. The molecule has 0 fully saturated rings. The Hall–Kier alpha value is -0.415. The summed E-state index contributed by atoms with van der Waals surface area (Å²) < 4.78 is 0. The van der Waals surface area contributed by atoms with Crippen LogP contribution in [0.3, 0.4) is 0 Å². The van der Waals surface area contributed by atoms with Crippen LogP contribution in [0.1, 0.15) is 20.3 Å². The van der Waals surface area contributed by atoms with Gasteiger partial charge >= 0.3 is 0 Å². The van der Waals surface area contributed by atoms with Gasteiger partial charge in [-0.15, -0.1) is 11.7 Å². The highest BCUT2D eigenvalue weighted by atomic mass is 14.3. The Labute approximate surface area is 51.9 Å². The van der Waals surface area contributed by atoms with E-state index < -0.39 is 0 Å². The van der Waals surface area contributed by atoms with Gasteiger partial charge in [-0.05, 0) is 5.92 Å². The van der Waals surface area contributed by atoms with Crippen LogP contribution in [0.15, 0.2) is 0 Å². The van der Waals surface area contributed by atoms with Crippen LogP contribution >= 0.6 is 0 Å². The smallest absolute Gasteiger partial charge is 0.288 e. The molecule has 0 heterocycles. The van der Waals surface area contributed by atoms with Crippen LogP contribution in [0.2, 0.25) is 0 Å². The summed E-state index contributed by atoms with van der Waals surface area (Å²) in [5.41, 5.74) is 5.14. The van der Waals surface area contributed by atoms with E-state index in [1.807, 2.05) is 0 Å². The van der Waals surface area contributed by atoms with E-state index in [1.165, 1.54) is 0 Å². The van der Waals surface area contributed by atoms with Gasteiger partial charge in [0.25, 0.3) is 7.41 Å². The van der Waals surface area contributed by atoms with Crippen molar-refractivity contribution in [2.45, 2.75) is 20.3 Å². The average molecular weight is 109 g/mol. The second-order valence-electron chi connectivity index (χ2n) is 2.16. The first-order valence-electron chi connectivity index (χ1n) is 2.93. The molecule has 0 radical (unpaired) electrons. The predicted octanol–water partition coefficient (Wildman–Crippen LogP) is 0.304. The molecule has 0 saturated carbocycles. The molecule has 0 aromatic carbocycles. The fraction of sp³-hybridized carbons (Fsp3) is 0.667. The Morgan fingerprint density at radius 1 is 1.62 bits per heavy atom. The van der Waals surface area contributed by atoms with Crippen molar-refractivity contribution < 1.29 is 0 Å². The molecule has 0 rings (SSSR count). The molecule has 0 amide bonds. The van der Waals surface area contributed by atoms with Crippen LogP contribution in [0.4, 0.5) is 0 Å². The van der Waals surface area contributed by atoms with Crippen LogP contribution in [0, 0.1) is 17.7 Å². The molecule has 0 aliphatic rings. The molecule has 1 nitrogen and oxygen atoms in total. The first kappa shape index (κ1) is 7.58. The van der Waals surface area contributed by atoms with Gasteiger partial charge in [0, 0.05) is 6.42 Å². The van der Waals surface area contributed by atoms with E-state index in [2.05, 4.69) is 25.6 Å². The second-order valence-corrected chi connectivity index (χ2v) is 2.16. The zero-order valence-electron chi connectivity index (χ0n) is 5.57. The van der Waals surface area contributed by atoms with E-state index in [0.717, 1.165) is 6.42 Å². The highest BCUT2D eigenvalue weighted by molar-refractivity contribution is 6.42. The summed E-state index contributed by atoms with van der Waals surface area (Å²) in [5.74, 6) is 6.44. The van der Waals surface area contributed by atoms with Crippen molar-refractivity contribution >= 4 is 7.41 Å². The second kappa shape index (κ2) is 4.74. The summed E-state index contributed by atoms with van der Waals surface area (Å²) >= 11 is 0.